The van der Waals surface area contributed by atoms with Gasteiger partial charge in [0, 0.05) is 18.3 Å². The molecule has 0 aromatic carbocycles. The summed E-state index contributed by atoms with van der Waals surface area (Å²) in [6, 6.07) is -6.07. The maximum atomic E-state index is 12.5. The summed E-state index contributed by atoms with van der Waals surface area (Å²) in [5.41, 5.74) is 15.9. The van der Waals surface area contributed by atoms with Crippen LogP contribution in [0.4, 0.5) is 0 Å². The summed E-state index contributed by atoms with van der Waals surface area (Å²) in [7, 11) is 0. The van der Waals surface area contributed by atoms with Crippen LogP contribution < -0.4 is 33.2 Å². The van der Waals surface area contributed by atoms with Crippen molar-refractivity contribution in [3.8, 4) is 0 Å². The average molecular weight is 470 g/mol. The van der Waals surface area contributed by atoms with Crippen molar-refractivity contribution in [2.45, 2.75) is 43.4 Å². The van der Waals surface area contributed by atoms with E-state index in [0.29, 0.717) is 5.69 Å². The molecule has 0 saturated carbocycles. The first-order chi connectivity index (χ1) is 15.4. The molecule has 33 heavy (non-hydrogen) atoms. The molecule has 1 aromatic rings. The molecule has 0 radical (unpaired) electrons. The number of aromatic nitrogens is 2. The number of nitrogens with two attached hydrogens (primary N) is 3. The topological polar surface area (TPSA) is 286 Å². The summed E-state index contributed by atoms with van der Waals surface area (Å²) in [5, 5.41) is 25.2. The summed E-state index contributed by atoms with van der Waals surface area (Å²) in [6.07, 6.45) is 1.28. The molecule has 1 aromatic heterocycles. The smallest absolute Gasteiger partial charge is 0.326 e. The van der Waals surface area contributed by atoms with Crippen LogP contribution in [0.15, 0.2) is 12.5 Å². The van der Waals surface area contributed by atoms with E-state index in [1.807, 2.05) is 0 Å². The van der Waals surface area contributed by atoms with Gasteiger partial charge in [-0.05, 0) is 0 Å². The molecule has 16 heteroatoms. The van der Waals surface area contributed by atoms with Gasteiger partial charge >= 0.3 is 5.97 Å². The highest BCUT2D eigenvalue weighted by Gasteiger charge is 2.31. The third kappa shape index (κ3) is 9.32. The number of carboxylic acid groups (broad SMARTS) is 1. The van der Waals surface area contributed by atoms with Gasteiger partial charge in [-0.25, -0.2) is 9.78 Å². The van der Waals surface area contributed by atoms with E-state index in [2.05, 4.69) is 25.9 Å². The van der Waals surface area contributed by atoms with Gasteiger partial charge in [-0.1, -0.05) is 0 Å². The summed E-state index contributed by atoms with van der Waals surface area (Å²) in [4.78, 5) is 77.0. The standard InChI is InChI=1S/C17H26N8O8/c18-8(2-12(19)27)14(29)23-9(3-13(20)28)15(30)25-11(5-26)16(31)24-10(17(32)33)1-7-4-21-6-22-7/h4,6,8-11,26H,1-3,5,18H2,(H2,19,27)(H2,20,28)(H,21,22)(H,23,29)(H,24,31)(H,25,30)(H,32,33). The number of aliphatic hydroxyl groups is 1. The number of aliphatic carboxylic acids is 1. The van der Waals surface area contributed by atoms with Gasteiger partial charge < -0.3 is 48.3 Å². The Balaban J connectivity index is 2.85. The van der Waals surface area contributed by atoms with Gasteiger partial charge in [-0.2, -0.15) is 0 Å². The Morgan fingerprint density at radius 3 is 1.94 bits per heavy atom. The van der Waals surface area contributed by atoms with Crippen molar-refractivity contribution in [1.82, 2.24) is 25.9 Å². The van der Waals surface area contributed by atoms with Crippen molar-refractivity contribution in [3.63, 3.8) is 0 Å². The predicted molar refractivity (Wildman–Crippen MR) is 108 cm³/mol. The highest BCUT2D eigenvalue weighted by Crippen LogP contribution is 2.01. The molecule has 0 aliphatic rings. The predicted octanol–water partition coefficient (Wildman–Crippen LogP) is -5.44. The molecule has 0 fully saturated rings. The number of primary amides is 2. The van der Waals surface area contributed by atoms with E-state index >= 15 is 0 Å². The minimum absolute atomic E-state index is 0.161. The normalized spacial score (nSPS) is 14.2. The molecule has 5 amide bonds. The number of rotatable bonds is 14. The molecule has 0 aliphatic carbocycles. The fraction of sp³-hybridized carbons (Fsp3) is 0.471. The molecule has 12 N–H and O–H groups in total. The number of nitrogens with one attached hydrogen (secondary N) is 4. The Kier molecular flexibility index (Phi) is 10.4. The van der Waals surface area contributed by atoms with E-state index in [1.54, 1.807) is 0 Å². The highest BCUT2D eigenvalue weighted by molar-refractivity contribution is 5.96. The molecule has 1 heterocycles. The van der Waals surface area contributed by atoms with Crippen LogP contribution in [0.1, 0.15) is 18.5 Å². The fourth-order valence-electron chi connectivity index (χ4n) is 2.55. The molecule has 4 atom stereocenters. The van der Waals surface area contributed by atoms with E-state index in [0.717, 1.165) is 0 Å². The molecule has 16 nitrogen and oxygen atoms in total. The summed E-state index contributed by atoms with van der Waals surface area (Å²) < 4.78 is 0. The van der Waals surface area contributed by atoms with Crippen LogP contribution in [-0.2, 0) is 35.2 Å². The summed E-state index contributed by atoms with van der Waals surface area (Å²) in [6.45, 7) is -0.938. The maximum Gasteiger partial charge on any atom is 0.326 e. The van der Waals surface area contributed by atoms with Gasteiger partial charge in [0.1, 0.15) is 18.1 Å². The molecule has 182 valence electrons. The van der Waals surface area contributed by atoms with E-state index in [4.69, 9.17) is 17.2 Å². The maximum absolute atomic E-state index is 12.5. The van der Waals surface area contributed by atoms with E-state index in [-0.39, 0.29) is 6.42 Å². The molecule has 0 saturated heterocycles. The number of hydrogen-bond acceptors (Lipinski definition) is 9. The number of nitrogens with zero attached hydrogens (tertiary/aromatic N) is 1. The fourth-order valence-corrected chi connectivity index (χ4v) is 2.55. The van der Waals surface area contributed by atoms with Gasteiger partial charge in [0.05, 0.1) is 31.8 Å². The highest BCUT2D eigenvalue weighted by atomic mass is 16.4. The number of aromatic amines is 1. The number of aliphatic hydroxyl groups excluding tert-OH is 1. The second-order valence-corrected chi connectivity index (χ2v) is 6.93. The summed E-state index contributed by atoms with van der Waals surface area (Å²) >= 11 is 0. The van der Waals surface area contributed by atoms with E-state index < -0.39 is 79.1 Å². The Bertz CT molecular complexity index is 874. The van der Waals surface area contributed by atoms with Crippen molar-refractivity contribution in [2.24, 2.45) is 17.2 Å². The van der Waals surface area contributed by atoms with Crippen LogP contribution in [0, 0.1) is 0 Å². The third-order valence-electron chi connectivity index (χ3n) is 4.21. The van der Waals surface area contributed by atoms with Crippen molar-refractivity contribution in [3.05, 3.63) is 18.2 Å². The zero-order chi connectivity index (χ0) is 25.1. The number of imidazole rings is 1. The SMILES string of the molecule is NC(=O)CC(N)C(=O)NC(CC(N)=O)C(=O)NC(CO)C(=O)NC(Cc1cnc[nH]1)C(=O)O. The quantitative estimate of drug-likeness (QED) is 0.124. The average Bonchev–Trinajstić information content (AvgIpc) is 3.22. The van der Waals surface area contributed by atoms with Gasteiger partial charge in [-0.15, -0.1) is 0 Å². The minimum Gasteiger partial charge on any atom is -0.480 e. The van der Waals surface area contributed by atoms with Crippen LogP contribution in [0.2, 0.25) is 0 Å². The molecule has 0 spiro atoms. The van der Waals surface area contributed by atoms with E-state index in [1.165, 1.54) is 12.5 Å². The number of carbonyl (C=O) groups is 6. The van der Waals surface area contributed by atoms with Crippen LogP contribution in [0.25, 0.3) is 0 Å². The van der Waals surface area contributed by atoms with Crippen LogP contribution in [-0.4, -0.2) is 86.5 Å². The van der Waals surface area contributed by atoms with Gasteiger partial charge in [0.25, 0.3) is 0 Å². The molecule has 0 aliphatic heterocycles. The Hall–Kier alpha value is -4.05. The first kappa shape index (κ1) is 27.0. The number of carboxylic acids is 1. The lowest BCUT2D eigenvalue weighted by Crippen LogP contribution is -2.59. The van der Waals surface area contributed by atoms with Gasteiger partial charge in [-0.3, -0.25) is 24.0 Å². The van der Waals surface area contributed by atoms with Crippen LogP contribution in [0.3, 0.4) is 0 Å². The lowest BCUT2D eigenvalue weighted by atomic mass is 10.1. The molecular weight excluding hydrogens is 444 g/mol. The molecule has 4 unspecified atom stereocenters. The van der Waals surface area contributed by atoms with Gasteiger partial charge in [0.15, 0.2) is 0 Å². The number of H-pyrrole nitrogens is 1. The second kappa shape index (κ2) is 12.7. The van der Waals surface area contributed by atoms with Crippen molar-refractivity contribution < 1.29 is 39.0 Å². The zero-order valence-electron chi connectivity index (χ0n) is 17.3. The molecule has 0 bridgehead atoms. The molecular formula is C17H26N8O8. The largest absolute Gasteiger partial charge is 0.480 e. The number of hydrogen-bond donors (Lipinski definition) is 9. The minimum atomic E-state index is -1.63. The van der Waals surface area contributed by atoms with Crippen molar-refractivity contribution >= 4 is 35.5 Å². The van der Waals surface area contributed by atoms with Crippen molar-refractivity contribution in [2.75, 3.05) is 6.61 Å². The number of carbonyl (C=O) groups excluding carboxylic acids is 5. The Labute approximate surface area is 186 Å². The zero-order valence-corrected chi connectivity index (χ0v) is 17.3. The Morgan fingerprint density at radius 2 is 1.45 bits per heavy atom. The Morgan fingerprint density at radius 1 is 0.909 bits per heavy atom. The van der Waals surface area contributed by atoms with Crippen molar-refractivity contribution in [1.29, 1.82) is 0 Å². The monoisotopic (exact) mass is 470 g/mol. The van der Waals surface area contributed by atoms with Gasteiger partial charge in [0.2, 0.25) is 29.5 Å². The van der Waals surface area contributed by atoms with E-state index in [9.17, 15) is 39.0 Å². The third-order valence-corrected chi connectivity index (χ3v) is 4.21. The second-order valence-electron chi connectivity index (χ2n) is 6.93. The lowest BCUT2D eigenvalue weighted by Gasteiger charge is -2.23. The lowest BCUT2D eigenvalue weighted by molar-refractivity contribution is -0.142. The summed E-state index contributed by atoms with van der Waals surface area (Å²) in [5.74, 6) is -6.40. The molecule has 1 rings (SSSR count). The first-order valence-electron chi connectivity index (χ1n) is 9.48. The van der Waals surface area contributed by atoms with Crippen LogP contribution in [0.5, 0.6) is 0 Å². The number of amides is 5. The van der Waals surface area contributed by atoms with Crippen LogP contribution >= 0.6 is 0 Å². The first-order valence-corrected chi connectivity index (χ1v) is 9.48.